The Morgan fingerprint density at radius 1 is 1.27 bits per heavy atom. The first-order valence-corrected chi connectivity index (χ1v) is 13.4. The van der Waals surface area contributed by atoms with Crippen LogP contribution in [0.1, 0.15) is 49.4 Å². The van der Waals surface area contributed by atoms with E-state index < -0.39 is 58.0 Å². The number of benzene rings is 1. The lowest BCUT2D eigenvalue weighted by atomic mass is 9.57. The van der Waals surface area contributed by atoms with E-state index in [1.54, 1.807) is 20.2 Å². The van der Waals surface area contributed by atoms with Crippen LogP contribution >= 0.6 is 0 Å². The molecule has 4 atom stereocenters. The molecule has 0 radical (unpaired) electrons. The smallest absolute Gasteiger partial charge is 0.255 e. The summed E-state index contributed by atoms with van der Waals surface area (Å²) in [6.45, 7) is 7.04. The van der Waals surface area contributed by atoms with E-state index in [2.05, 4.69) is 31.2 Å². The number of rotatable bonds is 7. The molecule has 3 aliphatic carbocycles. The molecule has 0 saturated heterocycles. The van der Waals surface area contributed by atoms with Crippen LogP contribution in [0.5, 0.6) is 5.75 Å². The summed E-state index contributed by atoms with van der Waals surface area (Å²) in [5.41, 5.74) is 3.10. The Balaban J connectivity index is 1.92. The molecule has 41 heavy (non-hydrogen) atoms. The van der Waals surface area contributed by atoms with E-state index in [0.717, 1.165) is 0 Å². The molecule has 0 heterocycles. The molecule has 0 spiro atoms. The maximum absolute atomic E-state index is 14.0. The van der Waals surface area contributed by atoms with Gasteiger partial charge in [-0.2, -0.15) is 0 Å². The summed E-state index contributed by atoms with van der Waals surface area (Å²) in [4.78, 5) is 45.8. The second kappa shape index (κ2) is 10.6. The van der Waals surface area contributed by atoms with Crippen LogP contribution < -0.4 is 11.1 Å². The van der Waals surface area contributed by atoms with Gasteiger partial charge in [-0.3, -0.25) is 19.3 Å². The quantitative estimate of drug-likeness (QED) is 0.157. The topological polar surface area (TPSA) is 195 Å². The Morgan fingerprint density at radius 3 is 2.49 bits per heavy atom. The number of oxime groups is 1. The van der Waals surface area contributed by atoms with Crippen LogP contribution in [0.4, 0.5) is 0 Å². The summed E-state index contributed by atoms with van der Waals surface area (Å²) in [5, 5.41) is 52.8. The number of hydrogen-bond acceptors (Lipinski definition) is 11. The van der Waals surface area contributed by atoms with Crippen LogP contribution in [0.25, 0.3) is 5.76 Å². The molecule has 1 aromatic carbocycles. The zero-order valence-electron chi connectivity index (χ0n) is 24.1. The number of carbonyl (C=O) groups is 3. The molecular weight excluding hydrogens is 532 g/mol. The number of hydrogen-bond donors (Lipinski definition) is 6. The third-order valence-electron chi connectivity index (χ3n) is 8.10. The van der Waals surface area contributed by atoms with Crippen LogP contribution in [0.3, 0.4) is 0 Å². The average molecular weight is 571 g/mol. The molecule has 12 nitrogen and oxygen atoms in total. The fourth-order valence-electron chi connectivity index (χ4n) is 6.33. The van der Waals surface area contributed by atoms with Gasteiger partial charge in [0.1, 0.15) is 30.0 Å². The van der Waals surface area contributed by atoms with Crippen LogP contribution in [0, 0.1) is 17.3 Å². The second-order valence-corrected chi connectivity index (χ2v) is 12.4. The number of aliphatic hydroxyl groups excluding tert-OH is 2. The number of phenolic OH excluding ortho intramolecular Hbond substituents is 1. The molecule has 0 aromatic heterocycles. The van der Waals surface area contributed by atoms with Crippen molar-refractivity contribution >= 4 is 29.4 Å². The van der Waals surface area contributed by atoms with E-state index >= 15 is 0 Å². The molecule has 1 aromatic rings. The Kier molecular flexibility index (Phi) is 7.80. The highest BCUT2D eigenvalue weighted by molar-refractivity contribution is 6.24. The van der Waals surface area contributed by atoms with Crippen molar-refractivity contribution in [2.24, 2.45) is 28.1 Å². The highest BCUT2D eigenvalue weighted by Crippen LogP contribution is 2.53. The van der Waals surface area contributed by atoms with Crippen molar-refractivity contribution in [3.05, 3.63) is 45.2 Å². The number of likely N-dealkylation sites (N-methyl/N-ethyl adjacent to an activating group) is 1. The van der Waals surface area contributed by atoms with Crippen molar-refractivity contribution < 1.29 is 39.6 Å². The van der Waals surface area contributed by atoms with Gasteiger partial charge in [-0.25, -0.2) is 0 Å². The maximum Gasteiger partial charge on any atom is 0.255 e. The lowest BCUT2D eigenvalue weighted by Gasteiger charge is -2.50. The normalized spacial score (nSPS) is 26.4. The molecule has 1 saturated carbocycles. The van der Waals surface area contributed by atoms with E-state index in [0.29, 0.717) is 23.2 Å². The number of Topliss-reactive ketones (excluding diaryl/α,β-unsaturated/α-hetero) is 2. The number of nitrogens with two attached hydrogens (primary N) is 1. The Labute approximate surface area is 238 Å². The summed E-state index contributed by atoms with van der Waals surface area (Å²) in [7, 11) is 4.49. The van der Waals surface area contributed by atoms with Crippen molar-refractivity contribution in [2.45, 2.75) is 51.8 Å². The SMILES string of the molecule is CO/N=C/c1cc(CNCC(C)(C)C)c(O)c2c1C[C@@H]1C[C@@H]3[C@@H](N(C)C)C(=O)C(C(N)=O)=C(O)[C@]3(O)C(=O)C1=C2O. The maximum atomic E-state index is 14.0. The third kappa shape index (κ3) is 4.89. The Bertz CT molecular complexity index is 1400. The summed E-state index contributed by atoms with van der Waals surface area (Å²) >= 11 is 0. The molecule has 3 aliphatic rings. The molecular formula is C29H38N4O8. The standard InChI is InChI=1S/C29H38N4O8/c1-28(2,3)12-31-10-15-7-14(11-32-41-6)16-8-13-9-17-21(33(4)5)24(36)20(27(30)39)26(38)29(17,40)25(37)18(13)23(35)19(16)22(15)34/h7,11,13,17,21,31,34-35,38,40H,8-10,12H2,1-6H3,(H2,30,39)/b32-11+/t13-,17-,21-,29-/m1/s1. The van der Waals surface area contributed by atoms with Gasteiger partial charge < -0.3 is 36.3 Å². The number of primary amides is 1. The highest BCUT2D eigenvalue weighted by atomic mass is 16.6. The summed E-state index contributed by atoms with van der Waals surface area (Å²) < 4.78 is 0. The third-order valence-corrected chi connectivity index (χ3v) is 8.10. The van der Waals surface area contributed by atoms with Crippen molar-refractivity contribution in [3.8, 4) is 5.75 Å². The zero-order valence-corrected chi connectivity index (χ0v) is 24.1. The summed E-state index contributed by atoms with van der Waals surface area (Å²) in [6, 6.07) is 0.582. The van der Waals surface area contributed by atoms with Crippen molar-refractivity contribution in [1.82, 2.24) is 10.2 Å². The van der Waals surface area contributed by atoms with Crippen molar-refractivity contribution in [3.63, 3.8) is 0 Å². The fraction of sp³-hybridized carbons (Fsp3) is 0.517. The summed E-state index contributed by atoms with van der Waals surface area (Å²) in [5.74, 6) is -6.88. The number of nitrogens with zero attached hydrogens (tertiary/aromatic N) is 2. The highest BCUT2D eigenvalue weighted by Gasteiger charge is 2.64. The minimum atomic E-state index is -2.69. The van der Waals surface area contributed by atoms with E-state index in [9.17, 15) is 34.8 Å². The van der Waals surface area contributed by atoms with E-state index in [1.807, 2.05) is 0 Å². The largest absolute Gasteiger partial charge is 0.508 e. The summed E-state index contributed by atoms with van der Waals surface area (Å²) in [6.07, 6.45) is 1.61. The van der Waals surface area contributed by atoms with Gasteiger partial charge in [-0.1, -0.05) is 25.9 Å². The number of fused-ring (bicyclic) bond motifs is 3. The van der Waals surface area contributed by atoms with Gasteiger partial charge in [-0.15, -0.1) is 0 Å². The van der Waals surface area contributed by atoms with Gasteiger partial charge >= 0.3 is 0 Å². The molecule has 0 unspecified atom stereocenters. The predicted molar refractivity (Wildman–Crippen MR) is 150 cm³/mol. The number of ketones is 2. The molecule has 0 bridgehead atoms. The lowest BCUT2D eigenvalue weighted by Crippen LogP contribution is -2.65. The molecule has 12 heteroatoms. The van der Waals surface area contributed by atoms with Gasteiger partial charge in [0.15, 0.2) is 11.4 Å². The van der Waals surface area contributed by atoms with Crippen LogP contribution in [0.15, 0.2) is 28.1 Å². The van der Waals surface area contributed by atoms with Gasteiger partial charge in [-0.05, 0) is 49.9 Å². The molecule has 0 aliphatic heterocycles. The predicted octanol–water partition coefficient (Wildman–Crippen LogP) is 1.08. The van der Waals surface area contributed by atoms with E-state index in [4.69, 9.17) is 10.6 Å². The van der Waals surface area contributed by atoms with Crippen LogP contribution in [0.2, 0.25) is 0 Å². The minimum absolute atomic E-state index is 0.00226. The van der Waals surface area contributed by atoms with Gasteiger partial charge in [0.05, 0.1) is 17.8 Å². The lowest BCUT2D eigenvalue weighted by molar-refractivity contribution is -0.153. The first kappa shape index (κ1) is 30.2. The number of amides is 1. The van der Waals surface area contributed by atoms with E-state index in [1.165, 1.54) is 18.2 Å². The number of aliphatic hydroxyl groups is 3. The fourth-order valence-corrected chi connectivity index (χ4v) is 6.33. The van der Waals surface area contributed by atoms with Crippen LogP contribution in [-0.4, -0.2) is 88.4 Å². The van der Waals surface area contributed by atoms with Gasteiger partial charge in [0.2, 0.25) is 5.78 Å². The Hall–Kier alpha value is -3.74. The molecule has 7 N–H and O–H groups in total. The molecule has 222 valence electrons. The van der Waals surface area contributed by atoms with Crippen molar-refractivity contribution in [2.75, 3.05) is 27.7 Å². The van der Waals surface area contributed by atoms with Gasteiger partial charge in [0.25, 0.3) is 5.91 Å². The van der Waals surface area contributed by atoms with Gasteiger partial charge in [0, 0.05) is 35.7 Å². The Morgan fingerprint density at radius 2 is 1.93 bits per heavy atom. The molecule has 1 fully saturated rings. The second-order valence-electron chi connectivity index (χ2n) is 12.4. The number of carbonyl (C=O) groups excluding carboxylic acids is 3. The monoisotopic (exact) mass is 570 g/mol. The van der Waals surface area contributed by atoms with Crippen LogP contribution in [-0.2, 0) is 32.2 Å². The van der Waals surface area contributed by atoms with Crippen molar-refractivity contribution in [1.29, 1.82) is 0 Å². The van der Waals surface area contributed by atoms with E-state index in [-0.39, 0.29) is 41.7 Å². The average Bonchev–Trinajstić information content (AvgIpc) is 2.85. The number of phenols is 1. The molecule has 4 rings (SSSR count). The number of aromatic hydroxyl groups is 1. The molecule has 1 amide bonds. The minimum Gasteiger partial charge on any atom is -0.508 e. The first-order valence-electron chi connectivity index (χ1n) is 13.4. The first-order chi connectivity index (χ1) is 19.1. The number of nitrogens with one attached hydrogen (secondary N) is 1. The zero-order chi connectivity index (χ0) is 30.6.